The fourth-order valence-electron chi connectivity index (χ4n) is 3.02. The minimum atomic E-state index is -0.856. The van der Waals surface area contributed by atoms with Gasteiger partial charge in [0.2, 0.25) is 5.91 Å². The number of Topliss-reactive ketones (excluding diaryl/α,β-unsaturated/α-hetero) is 1. The Morgan fingerprint density at radius 3 is 2.05 bits per heavy atom. The monoisotopic (exact) mass is 308 g/mol. The third-order valence-corrected chi connectivity index (χ3v) is 4.74. The van der Waals surface area contributed by atoms with Crippen LogP contribution in [0.25, 0.3) is 0 Å². The predicted octanol–water partition coefficient (Wildman–Crippen LogP) is 3.28. The Bertz CT molecular complexity index is 403. The van der Waals surface area contributed by atoms with E-state index >= 15 is 0 Å². The summed E-state index contributed by atoms with van der Waals surface area (Å²) < 4.78 is 0. The van der Waals surface area contributed by atoms with Crippen LogP contribution in [0.4, 0.5) is 0 Å². The highest BCUT2D eigenvalue weighted by atomic mass is 16.2. The molecule has 0 aliphatic carbocycles. The zero-order valence-corrected chi connectivity index (χ0v) is 14.7. The summed E-state index contributed by atoms with van der Waals surface area (Å²) in [5, 5.41) is 2.92. The molecule has 1 aliphatic heterocycles. The number of ketones is 1. The molecule has 0 unspecified atom stereocenters. The number of hydrogen-bond acceptors (Lipinski definition) is 3. The summed E-state index contributed by atoms with van der Waals surface area (Å²) in [6.07, 6.45) is 7.67. The molecule has 0 atom stereocenters. The van der Waals surface area contributed by atoms with Crippen LogP contribution in [0.1, 0.15) is 66.2 Å². The Hall–Kier alpha value is -1.32. The molecule has 0 aromatic rings. The first-order chi connectivity index (χ1) is 10.6. The summed E-state index contributed by atoms with van der Waals surface area (Å²) >= 11 is 0. The lowest BCUT2D eigenvalue weighted by Gasteiger charge is -2.35. The molecule has 22 heavy (non-hydrogen) atoms. The van der Waals surface area contributed by atoms with Crippen LogP contribution in [0.15, 0.2) is 11.8 Å². The van der Waals surface area contributed by atoms with E-state index in [-0.39, 0.29) is 11.7 Å². The SMILES string of the molecule is CCCCN(C=C1CNC(=O)C(CC)(CC)C1=O)CCCC. The summed E-state index contributed by atoms with van der Waals surface area (Å²) in [5.74, 6) is -0.0763. The molecule has 0 saturated carbocycles. The average Bonchev–Trinajstić information content (AvgIpc) is 2.53. The van der Waals surface area contributed by atoms with Crippen LogP contribution in [0.3, 0.4) is 0 Å². The number of amides is 1. The van der Waals surface area contributed by atoms with Crippen molar-refractivity contribution >= 4 is 11.7 Å². The van der Waals surface area contributed by atoms with Crippen molar-refractivity contribution in [1.82, 2.24) is 10.2 Å². The van der Waals surface area contributed by atoms with E-state index in [1.807, 2.05) is 20.0 Å². The molecule has 0 radical (unpaired) electrons. The fraction of sp³-hybridized carbons (Fsp3) is 0.778. The first-order valence-corrected chi connectivity index (χ1v) is 8.83. The summed E-state index contributed by atoms with van der Waals surface area (Å²) in [5.41, 5.74) is -0.0962. The molecule has 1 saturated heterocycles. The van der Waals surface area contributed by atoms with Crippen molar-refractivity contribution in [3.05, 3.63) is 11.8 Å². The molecule has 0 aromatic carbocycles. The van der Waals surface area contributed by atoms with Crippen molar-refractivity contribution in [3.63, 3.8) is 0 Å². The molecule has 4 heteroatoms. The summed E-state index contributed by atoms with van der Waals surface area (Å²) in [6, 6.07) is 0. The predicted molar refractivity (Wildman–Crippen MR) is 90.5 cm³/mol. The van der Waals surface area contributed by atoms with Gasteiger partial charge in [-0.2, -0.15) is 0 Å². The first kappa shape index (κ1) is 18.7. The van der Waals surface area contributed by atoms with Crippen LogP contribution >= 0.6 is 0 Å². The fourth-order valence-corrected chi connectivity index (χ4v) is 3.02. The van der Waals surface area contributed by atoms with E-state index in [0.29, 0.717) is 19.4 Å². The Balaban J connectivity index is 2.95. The Morgan fingerprint density at radius 2 is 1.59 bits per heavy atom. The van der Waals surface area contributed by atoms with Gasteiger partial charge in [-0.15, -0.1) is 0 Å². The van der Waals surface area contributed by atoms with Gasteiger partial charge in [0.05, 0.1) is 0 Å². The van der Waals surface area contributed by atoms with Gasteiger partial charge in [0.25, 0.3) is 0 Å². The second kappa shape index (κ2) is 8.96. The summed E-state index contributed by atoms with van der Waals surface area (Å²) in [7, 11) is 0. The van der Waals surface area contributed by atoms with Crippen LogP contribution in [0.2, 0.25) is 0 Å². The van der Waals surface area contributed by atoms with Crippen LogP contribution in [-0.4, -0.2) is 36.2 Å². The standard InChI is InChI=1S/C18H32N2O2/c1-5-9-11-20(12-10-6-2)14-15-13-19-17(22)18(7-3,8-4)16(15)21/h14H,5-13H2,1-4H3,(H,19,22). The molecule has 1 fully saturated rings. The first-order valence-electron chi connectivity index (χ1n) is 8.83. The minimum absolute atomic E-state index is 0.0271. The number of piperidine rings is 1. The van der Waals surface area contributed by atoms with Crippen molar-refractivity contribution in [1.29, 1.82) is 0 Å². The van der Waals surface area contributed by atoms with Crippen molar-refractivity contribution in [3.8, 4) is 0 Å². The van der Waals surface area contributed by atoms with Crippen molar-refractivity contribution in [2.75, 3.05) is 19.6 Å². The van der Waals surface area contributed by atoms with Gasteiger partial charge in [0, 0.05) is 31.4 Å². The third kappa shape index (κ3) is 4.11. The topological polar surface area (TPSA) is 49.4 Å². The lowest BCUT2D eigenvalue weighted by atomic mass is 9.72. The molecule has 0 bridgehead atoms. The van der Waals surface area contributed by atoms with Crippen molar-refractivity contribution < 1.29 is 9.59 Å². The highest BCUT2D eigenvalue weighted by Gasteiger charge is 2.46. The molecule has 126 valence electrons. The lowest BCUT2D eigenvalue weighted by Crippen LogP contribution is -2.53. The molecule has 0 spiro atoms. The van der Waals surface area contributed by atoms with Crippen molar-refractivity contribution in [2.45, 2.75) is 66.2 Å². The molecule has 1 amide bonds. The normalized spacial score (nSPS) is 19.4. The van der Waals surface area contributed by atoms with E-state index in [1.54, 1.807) is 0 Å². The number of nitrogens with one attached hydrogen (secondary N) is 1. The zero-order valence-electron chi connectivity index (χ0n) is 14.7. The lowest BCUT2D eigenvalue weighted by molar-refractivity contribution is -0.142. The Morgan fingerprint density at radius 1 is 1.05 bits per heavy atom. The van der Waals surface area contributed by atoms with Gasteiger partial charge < -0.3 is 10.2 Å². The van der Waals surface area contributed by atoms with Crippen LogP contribution in [0, 0.1) is 5.41 Å². The van der Waals surface area contributed by atoms with E-state index in [9.17, 15) is 9.59 Å². The second-order valence-corrected chi connectivity index (χ2v) is 6.20. The molecule has 1 rings (SSSR count). The Kier molecular flexibility index (Phi) is 7.63. The van der Waals surface area contributed by atoms with E-state index in [1.165, 1.54) is 0 Å². The molecule has 1 heterocycles. The number of hydrogen-bond donors (Lipinski definition) is 1. The van der Waals surface area contributed by atoms with Gasteiger partial charge in [0.15, 0.2) is 5.78 Å². The van der Waals surface area contributed by atoms with E-state index < -0.39 is 5.41 Å². The molecular formula is C18H32N2O2. The number of carbonyl (C=O) groups is 2. The highest BCUT2D eigenvalue weighted by molar-refractivity contribution is 6.16. The summed E-state index contributed by atoms with van der Waals surface area (Å²) in [4.78, 5) is 27.3. The number of unbranched alkanes of at least 4 members (excludes halogenated alkanes) is 2. The maximum absolute atomic E-state index is 12.8. The maximum atomic E-state index is 12.8. The van der Waals surface area contributed by atoms with Crippen LogP contribution < -0.4 is 5.32 Å². The molecule has 1 aliphatic rings. The molecular weight excluding hydrogens is 276 g/mol. The van der Waals surface area contributed by atoms with Crippen LogP contribution in [-0.2, 0) is 9.59 Å². The maximum Gasteiger partial charge on any atom is 0.234 e. The molecule has 0 aromatic heterocycles. The van der Waals surface area contributed by atoms with Gasteiger partial charge in [-0.3, -0.25) is 9.59 Å². The van der Waals surface area contributed by atoms with Gasteiger partial charge in [-0.25, -0.2) is 0 Å². The molecule has 1 N–H and O–H groups in total. The van der Waals surface area contributed by atoms with Gasteiger partial charge in [-0.05, 0) is 25.7 Å². The van der Waals surface area contributed by atoms with E-state index in [2.05, 4.69) is 24.1 Å². The second-order valence-electron chi connectivity index (χ2n) is 6.20. The van der Waals surface area contributed by atoms with Gasteiger partial charge in [0.1, 0.15) is 5.41 Å². The number of nitrogens with zero attached hydrogens (tertiary/aromatic N) is 1. The van der Waals surface area contributed by atoms with Gasteiger partial charge in [-0.1, -0.05) is 40.5 Å². The number of rotatable bonds is 9. The largest absolute Gasteiger partial charge is 0.377 e. The quantitative estimate of drug-likeness (QED) is 0.525. The van der Waals surface area contributed by atoms with E-state index in [0.717, 1.165) is 44.3 Å². The Labute approximate surface area is 135 Å². The summed E-state index contributed by atoms with van der Waals surface area (Å²) in [6.45, 7) is 10.5. The zero-order chi connectivity index (χ0) is 16.6. The van der Waals surface area contributed by atoms with Crippen LogP contribution in [0.5, 0.6) is 0 Å². The highest BCUT2D eigenvalue weighted by Crippen LogP contribution is 2.33. The minimum Gasteiger partial charge on any atom is -0.377 e. The average molecular weight is 308 g/mol. The third-order valence-electron chi connectivity index (χ3n) is 4.74. The smallest absolute Gasteiger partial charge is 0.234 e. The van der Waals surface area contributed by atoms with Crippen molar-refractivity contribution in [2.24, 2.45) is 5.41 Å². The number of carbonyl (C=O) groups excluding carboxylic acids is 2. The molecule has 4 nitrogen and oxygen atoms in total. The van der Waals surface area contributed by atoms with E-state index in [4.69, 9.17) is 0 Å². The van der Waals surface area contributed by atoms with Gasteiger partial charge >= 0.3 is 0 Å².